The summed E-state index contributed by atoms with van der Waals surface area (Å²) in [6, 6.07) is 7.95. The van der Waals surface area contributed by atoms with Crippen molar-refractivity contribution in [3.05, 3.63) is 30.6 Å². The van der Waals surface area contributed by atoms with Crippen molar-refractivity contribution in [2.75, 3.05) is 0 Å². The molecular formula is C10H11N3. The Morgan fingerprint density at radius 1 is 1.46 bits per heavy atom. The van der Waals surface area contributed by atoms with E-state index in [4.69, 9.17) is 0 Å². The Bertz CT molecular complexity index is 428. The van der Waals surface area contributed by atoms with Crippen LogP contribution in [0.3, 0.4) is 0 Å². The highest BCUT2D eigenvalue weighted by atomic mass is 15.4. The average molecular weight is 173 g/mol. The maximum absolute atomic E-state index is 4.24. The molecule has 13 heavy (non-hydrogen) atoms. The molecule has 0 atom stereocenters. The lowest BCUT2D eigenvalue weighted by molar-refractivity contribution is 0.908. The molecule has 1 heterocycles. The van der Waals surface area contributed by atoms with E-state index < -0.39 is 0 Å². The van der Waals surface area contributed by atoms with E-state index in [2.05, 4.69) is 17.0 Å². The Hall–Kier alpha value is -1.64. The summed E-state index contributed by atoms with van der Waals surface area (Å²) < 4.78 is 1.79. The second-order valence-electron chi connectivity index (χ2n) is 2.78. The molecule has 66 valence electrons. The van der Waals surface area contributed by atoms with Crippen molar-refractivity contribution in [1.29, 1.82) is 0 Å². The molecule has 0 aliphatic rings. The number of hydrogen-bond acceptors (Lipinski definition) is 2. The minimum atomic E-state index is 0.937. The minimum Gasteiger partial charge on any atom is -0.235 e. The van der Waals surface area contributed by atoms with Crippen molar-refractivity contribution in [3.63, 3.8) is 0 Å². The number of para-hydroxylation sites is 2. The van der Waals surface area contributed by atoms with Crippen molar-refractivity contribution in [3.8, 4) is 0 Å². The van der Waals surface area contributed by atoms with Crippen molar-refractivity contribution in [1.82, 2.24) is 9.66 Å². The van der Waals surface area contributed by atoms with Gasteiger partial charge in [0.25, 0.3) is 0 Å². The van der Waals surface area contributed by atoms with Crippen LogP contribution in [0.4, 0.5) is 0 Å². The first-order valence-corrected chi connectivity index (χ1v) is 4.36. The van der Waals surface area contributed by atoms with E-state index in [0.29, 0.717) is 0 Å². The summed E-state index contributed by atoms with van der Waals surface area (Å²) in [6.45, 7) is 2.06. The normalized spacial score (nSPS) is 11.5. The minimum absolute atomic E-state index is 0.937. The van der Waals surface area contributed by atoms with E-state index in [0.717, 1.165) is 17.5 Å². The second-order valence-corrected chi connectivity index (χ2v) is 2.78. The average Bonchev–Trinajstić information content (AvgIpc) is 2.58. The van der Waals surface area contributed by atoms with Crippen molar-refractivity contribution in [2.24, 2.45) is 5.10 Å². The molecule has 0 aliphatic heterocycles. The van der Waals surface area contributed by atoms with Crippen molar-refractivity contribution >= 4 is 17.2 Å². The smallest absolute Gasteiger partial charge is 0.118 e. The number of imidazole rings is 1. The molecule has 0 bridgehead atoms. The largest absolute Gasteiger partial charge is 0.235 e. The summed E-state index contributed by atoms with van der Waals surface area (Å²) >= 11 is 0. The summed E-state index contributed by atoms with van der Waals surface area (Å²) in [5, 5.41) is 4.24. The summed E-state index contributed by atoms with van der Waals surface area (Å²) in [5.41, 5.74) is 2.03. The molecule has 0 unspecified atom stereocenters. The standard InChI is InChI=1S/C10H11N3/c1-2-7-12-13-8-11-9-5-3-4-6-10(9)13/h3-8H,2H2,1H3/b12-7+. The van der Waals surface area contributed by atoms with Crippen LogP contribution in [-0.4, -0.2) is 15.9 Å². The maximum Gasteiger partial charge on any atom is 0.118 e. The van der Waals surface area contributed by atoms with E-state index in [9.17, 15) is 0 Å². The molecule has 0 saturated heterocycles. The molecule has 0 spiro atoms. The lowest BCUT2D eigenvalue weighted by atomic mass is 10.3. The van der Waals surface area contributed by atoms with Crippen LogP contribution in [0.5, 0.6) is 0 Å². The summed E-state index contributed by atoms with van der Waals surface area (Å²) in [5.74, 6) is 0. The molecule has 0 aliphatic carbocycles. The molecule has 0 N–H and O–H groups in total. The third-order valence-corrected chi connectivity index (χ3v) is 1.82. The predicted octanol–water partition coefficient (Wildman–Crippen LogP) is 2.28. The maximum atomic E-state index is 4.24. The Kier molecular flexibility index (Phi) is 2.08. The Morgan fingerprint density at radius 3 is 3.15 bits per heavy atom. The highest BCUT2D eigenvalue weighted by Gasteiger charge is 1.97. The molecule has 3 heteroatoms. The van der Waals surface area contributed by atoms with Crippen LogP contribution in [0.1, 0.15) is 13.3 Å². The molecular weight excluding hydrogens is 162 g/mol. The van der Waals surface area contributed by atoms with Gasteiger partial charge in [0.15, 0.2) is 0 Å². The fraction of sp³-hybridized carbons (Fsp3) is 0.200. The van der Waals surface area contributed by atoms with Gasteiger partial charge >= 0.3 is 0 Å². The van der Waals surface area contributed by atoms with Gasteiger partial charge in [0.2, 0.25) is 0 Å². The van der Waals surface area contributed by atoms with Crippen LogP contribution in [0.25, 0.3) is 11.0 Å². The number of rotatable bonds is 2. The first kappa shape index (κ1) is 7.98. The van der Waals surface area contributed by atoms with Crippen LogP contribution < -0.4 is 0 Å². The molecule has 2 aromatic rings. The first-order chi connectivity index (χ1) is 6.42. The second kappa shape index (κ2) is 3.39. The quantitative estimate of drug-likeness (QED) is 0.641. The summed E-state index contributed by atoms with van der Waals surface area (Å²) in [4.78, 5) is 4.22. The fourth-order valence-corrected chi connectivity index (χ4v) is 1.21. The van der Waals surface area contributed by atoms with Gasteiger partial charge in [0.05, 0.1) is 11.0 Å². The van der Waals surface area contributed by atoms with Crippen molar-refractivity contribution < 1.29 is 0 Å². The Labute approximate surface area is 76.7 Å². The number of hydrogen-bond donors (Lipinski definition) is 0. The third kappa shape index (κ3) is 1.45. The zero-order valence-corrected chi connectivity index (χ0v) is 7.51. The zero-order chi connectivity index (χ0) is 9.10. The van der Waals surface area contributed by atoms with Gasteiger partial charge in [-0.25, -0.2) is 9.66 Å². The molecule has 1 aromatic carbocycles. The van der Waals surface area contributed by atoms with E-state index in [-0.39, 0.29) is 0 Å². The molecule has 2 rings (SSSR count). The molecule has 0 radical (unpaired) electrons. The SMILES string of the molecule is CC/C=N/n1cnc2ccccc21. The van der Waals surface area contributed by atoms with Gasteiger partial charge in [-0.3, -0.25) is 0 Å². The highest BCUT2D eigenvalue weighted by molar-refractivity contribution is 5.75. The van der Waals surface area contributed by atoms with Crippen LogP contribution in [0.2, 0.25) is 0 Å². The van der Waals surface area contributed by atoms with E-state index in [1.54, 1.807) is 11.0 Å². The predicted molar refractivity (Wildman–Crippen MR) is 53.9 cm³/mol. The van der Waals surface area contributed by atoms with Crippen LogP contribution >= 0.6 is 0 Å². The lowest BCUT2D eigenvalue weighted by Crippen LogP contribution is -1.85. The van der Waals surface area contributed by atoms with Gasteiger partial charge in [0.1, 0.15) is 6.33 Å². The van der Waals surface area contributed by atoms with Gasteiger partial charge < -0.3 is 0 Å². The lowest BCUT2D eigenvalue weighted by Gasteiger charge is -1.93. The highest BCUT2D eigenvalue weighted by Crippen LogP contribution is 2.10. The molecule has 1 aromatic heterocycles. The Morgan fingerprint density at radius 2 is 2.31 bits per heavy atom. The van der Waals surface area contributed by atoms with Gasteiger partial charge in [-0.2, -0.15) is 5.10 Å². The van der Waals surface area contributed by atoms with E-state index in [1.807, 2.05) is 30.5 Å². The summed E-state index contributed by atoms with van der Waals surface area (Å²) in [6.07, 6.45) is 4.54. The van der Waals surface area contributed by atoms with E-state index >= 15 is 0 Å². The van der Waals surface area contributed by atoms with Crippen LogP contribution in [-0.2, 0) is 0 Å². The number of fused-ring (bicyclic) bond motifs is 1. The first-order valence-electron chi connectivity index (χ1n) is 4.36. The number of nitrogens with zero attached hydrogens (tertiary/aromatic N) is 3. The summed E-state index contributed by atoms with van der Waals surface area (Å²) in [7, 11) is 0. The topological polar surface area (TPSA) is 30.2 Å². The van der Waals surface area contributed by atoms with E-state index in [1.165, 1.54) is 0 Å². The molecule has 0 amide bonds. The molecule has 0 fully saturated rings. The molecule has 0 saturated carbocycles. The third-order valence-electron chi connectivity index (χ3n) is 1.82. The molecule has 3 nitrogen and oxygen atoms in total. The van der Waals surface area contributed by atoms with Gasteiger partial charge in [0, 0.05) is 6.21 Å². The fourth-order valence-electron chi connectivity index (χ4n) is 1.21. The van der Waals surface area contributed by atoms with Crippen molar-refractivity contribution in [2.45, 2.75) is 13.3 Å². The monoisotopic (exact) mass is 173 g/mol. The van der Waals surface area contributed by atoms with Gasteiger partial charge in [-0.05, 0) is 18.6 Å². The zero-order valence-electron chi connectivity index (χ0n) is 7.51. The van der Waals surface area contributed by atoms with Gasteiger partial charge in [-0.1, -0.05) is 19.1 Å². The van der Waals surface area contributed by atoms with Crippen LogP contribution in [0, 0.1) is 0 Å². The Balaban J connectivity index is 2.52. The van der Waals surface area contributed by atoms with Gasteiger partial charge in [-0.15, -0.1) is 0 Å². The number of benzene rings is 1. The number of aromatic nitrogens is 2. The van der Waals surface area contributed by atoms with Crippen LogP contribution in [0.15, 0.2) is 35.7 Å².